The number of rotatable bonds is 9. The summed E-state index contributed by atoms with van der Waals surface area (Å²) in [5, 5.41) is 8.49. The van der Waals surface area contributed by atoms with Crippen LogP contribution in [0, 0.1) is 0 Å². The minimum atomic E-state index is -4.33. The summed E-state index contributed by atoms with van der Waals surface area (Å²) in [7, 11) is 4.71. The molecular weight excluding hydrogens is 525 g/mol. The maximum atomic E-state index is 12.5. The molecule has 1 aliphatic heterocycles. The summed E-state index contributed by atoms with van der Waals surface area (Å²) >= 11 is -0.164. The van der Waals surface area contributed by atoms with Crippen molar-refractivity contribution in [3.63, 3.8) is 0 Å². The fourth-order valence-electron chi connectivity index (χ4n) is 4.09. The van der Waals surface area contributed by atoms with Crippen LogP contribution in [0.1, 0.15) is 12.5 Å². The van der Waals surface area contributed by atoms with Crippen LogP contribution in [0.5, 0.6) is 0 Å². The van der Waals surface area contributed by atoms with E-state index >= 15 is 0 Å². The zero-order valence-electron chi connectivity index (χ0n) is 21.0. The Morgan fingerprint density at radius 1 is 0.947 bits per heavy atom. The van der Waals surface area contributed by atoms with E-state index in [1.165, 1.54) is 23.1 Å². The van der Waals surface area contributed by atoms with Crippen LogP contribution in [-0.4, -0.2) is 78.5 Å². The summed E-state index contributed by atoms with van der Waals surface area (Å²) in [5.41, 5.74) is -2.22. The lowest BCUT2D eigenvalue weighted by molar-refractivity contribution is -0.305. The molecule has 1 fully saturated rings. The lowest BCUT2D eigenvalue weighted by Gasteiger charge is -2.42. The van der Waals surface area contributed by atoms with Crippen molar-refractivity contribution in [3.05, 3.63) is 60.4 Å². The van der Waals surface area contributed by atoms with Crippen molar-refractivity contribution in [1.29, 1.82) is 0 Å². The third-order valence-corrected chi connectivity index (χ3v) is 6.65. The molecule has 13 heteroatoms. The molecule has 1 saturated heterocycles. The van der Waals surface area contributed by atoms with E-state index in [0.717, 1.165) is 11.1 Å². The normalized spacial score (nSPS) is 24.1. The topological polar surface area (TPSA) is 89.2 Å². The lowest BCUT2D eigenvalue weighted by Crippen LogP contribution is -2.59. The van der Waals surface area contributed by atoms with E-state index < -0.39 is 24.0 Å². The zero-order valence-corrected chi connectivity index (χ0v) is 21.8. The molecule has 4 rings (SSSR count). The summed E-state index contributed by atoms with van der Waals surface area (Å²) in [6.07, 6.45) is 0.728. The SMILES string of the molecule is CO[C@@H]1[C@@H](OC)[C@H](C)O[C@@H](ON=Cc2ccc(-c3ncn(-c4ccc(SC(F)(F)F)cc4)n3)cc2)[C@@H]1OC. The average Bonchev–Trinajstić information content (AvgIpc) is 3.38. The van der Waals surface area contributed by atoms with Gasteiger partial charge in [-0.1, -0.05) is 29.4 Å². The molecule has 3 aromatic rings. The van der Waals surface area contributed by atoms with Crippen molar-refractivity contribution < 1.29 is 37.0 Å². The van der Waals surface area contributed by atoms with Gasteiger partial charge in [0.05, 0.1) is 18.0 Å². The largest absolute Gasteiger partial charge is 0.446 e. The van der Waals surface area contributed by atoms with Crippen molar-refractivity contribution >= 4 is 18.0 Å². The lowest BCUT2D eigenvalue weighted by atomic mass is 9.99. The van der Waals surface area contributed by atoms with Crippen molar-refractivity contribution in [3.8, 4) is 17.1 Å². The first-order chi connectivity index (χ1) is 18.2. The molecule has 1 aliphatic rings. The molecule has 0 aliphatic carbocycles. The Morgan fingerprint density at radius 3 is 2.21 bits per heavy atom. The molecule has 204 valence electrons. The van der Waals surface area contributed by atoms with E-state index in [-0.39, 0.29) is 28.9 Å². The number of alkyl halides is 3. The monoisotopic (exact) mass is 552 g/mol. The van der Waals surface area contributed by atoms with Gasteiger partial charge in [0.25, 0.3) is 6.29 Å². The molecule has 0 N–H and O–H groups in total. The van der Waals surface area contributed by atoms with Gasteiger partial charge in [0.15, 0.2) is 11.9 Å². The molecule has 0 unspecified atom stereocenters. The summed E-state index contributed by atoms with van der Waals surface area (Å²) in [6, 6.07) is 13.2. The summed E-state index contributed by atoms with van der Waals surface area (Å²) in [5.74, 6) is 0.462. The molecule has 5 atom stereocenters. The minimum Gasteiger partial charge on any atom is -0.376 e. The Kier molecular flexibility index (Phi) is 9.05. The van der Waals surface area contributed by atoms with E-state index in [4.69, 9.17) is 23.8 Å². The molecule has 0 spiro atoms. The Labute approximate surface area is 221 Å². The van der Waals surface area contributed by atoms with Crippen LogP contribution >= 0.6 is 11.8 Å². The number of methoxy groups -OCH3 is 3. The van der Waals surface area contributed by atoms with E-state index in [9.17, 15) is 13.2 Å². The number of thioether (sulfide) groups is 1. The number of hydrogen-bond acceptors (Lipinski definition) is 9. The first kappa shape index (κ1) is 28.0. The molecular formula is C25H27F3N4O5S. The summed E-state index contributed by atoms with van der Waals surface area (Å²) in [4.78, 5) is 9.99. The zero-order chi connectivity index (χ0) is 27.3. The third kappa shape index (κ3) is 6.72. The van der Waals surface area contributed by atoms with Gasteiger partial charge in [-0.15, -0.1) is 5.10 Å². The second kappa shape index (κ2) is 12.3. The van der Waals surface area contributed by atoms with Crippen molar-refractivity contribution in [2.24, 2.45) is 5.16 Å². The number of ether oxygens (including phenoxy) is 4. The van der Waals surface area contributed by atoms with Gasteiger partial charge >= 0.3 is 5.51 Å². The minimum absolute atomic E-state index is 0.0998. The molecule has 2 heterocycles. The van der Waals surface area contributed by atoms with Crippen LogP contribution in [0.15, 0.2) is 64.9 Å². The number of halogens is 3. The number of aromatic nitrogens is 3. The highest BCUT2D eigenvalue weighted by Crippen LogP contribution is 2.37. The maximum absolute atomic E-state index is 12.5. The fourth-order valence-corrected chi connectivity index (χ4v) is 4.63. The second-order valence-electron chi connectivity index (χ2n) is 8.33. The van der Waals surface area contributed by atoms with Crippen LogP contribution in [0.4, 0.5) is 13.2 Å². The number of nitrogens with zero attached hydrogens (tertiary/aromatic N) is 4. The van der Waals surface area contributed by atoms with Gasteiger partial charge in [-0.2, -0.15) is 13.2 Å². The molecule has 0 amide bonds. The van der Waals surface area contributed by atoms with Crippen LogP contribution in [-0.2, 0) is 23.8 Å². The third-order valence-electron chi connectivity index (χ3n) is 5.91. The van der Waals surface area contributed by atoms with E-state index in [2.05, 4.69) is 15.2 Å². The van der Waals surface area contributed by atoms with Crippen molar-refractivity contribution in [2.45, 2.75) is 48.0 Å². The smallest absolute Gasteiger partial charge is 0.376 e. The van der Waals surface area contributed by atoms with Crippen LogP contribution in [0.2, 0.25) is 0 Å². The van der Waals surface area contributed by atoms with Crippen LogP contribution in [0.3, 0.4) is 0 Å². The molecule has 0 saturated carbocycles. The van der Waals surface area contributed by atoms with Gasteiger partial charge in [-0.25, -0.2) is 9.67 Å². The molecule has 0 bridgehead atoms. The van der Waals surface area contributed by atoms with Crippen molar-refractivity contribution in [1.82, 2.24) is 14.8 Å². The molecule has 1 aromatic heterocycles. The highest BCUT2D eigenvalue weighted by Gasteiger charge is 2.46. The molecule has 9 nitrogen and oxygen atoms in total. The maximum Gasteiger partial charge on any atom is 0.446 e. The average molecular weight is 553 g/mol. The van der Waals surface area contributed by atoms with Gasteiger partial charge in [0, 0.05) is 31.8 Å². The summed E-state index contributed by atoms with van der Waals surface area (Å²) < 4.78 is 61.5. The quantitative estimate of drug-likeness (QED) is 0.215. The van der Waals surface area contributed by atoms with E-state index in [1.807, 2.05) is 31.2 Å². The predicted molar refractivity (Wildman–Crippen MR) is 134 cm³/mol. The predicted octanol–water partition coefficient (Wildman–Crippen LogP) is 4.69. The standard InChI is InChI=1S/C25H27F3N4O5S/c1-15-20(33-2)21(34-3)22(35-4)24(36-15)37-30-13-16-5-7-17(8-6-16)23-29-14-32(31-23)18-9-11-19(12-10-18)38-25(26,27)28/h5-15,20-22,24H,1-4H3/t15-,20-,21+,22+,24-/m0/s1. The number of benzene rings is 2. The van der Waals surface area contributed by atoms with Crippen LogP contribution in [0.25, 0.3) is 17.1 Å². The van der Waals surface area contributed by atoms with Gasteiger partial charge < -0.3 is 23.8 Å². The van der Waals surface area contributed by atoms with Gasteiger partial charge in [0.1, 0.15) is 18.5 Å². The van der Waals surface area contributed by atoms with E-state index in [0.29, 0.717) is 11.5 Å². The van der Waals surface area contributed by atoms with Gasteiger partial charge in [-0.3, -0.25) is 0 Å². The Morgan fingerprint density at radius 2 is 1.61 bits per heavy atom. The summed E-state index contributed by atoms with van der Waals surface area (Å²) in [6.45, 7) is 1.86. The number of hydrogen-bond donors (Lipinski definition) is 0. The highest BCUT2D eigenvalue weighted by molar-refractivity contribution is 8.00. The molecule has 38 heavy (non-hydrogen) atoms. The second-order valence-corrected chi connectivity index (χ2v) is 9.47. The molecule has 0 radical (unpaired) electrons. The fraction of sp³-hybridized carbons (Fsp3) is 0.400. The first-order valence-electron chi connectivity index (χ1n) is 11.5. The first-order valence-corrected chi connectivity index (χ1v) is 12.4. The highest BCUT2D eigenvalue weighted by atomic mass is 32.2. The van der Waals surface area contributed by atoms with Gasteiger partial charge in [-0.05, 0) is 48.5 Å². The van der Waals surface area contributed by atoms with Crippen LogP contribution < -0.4 is 0 Å². The molecule has 2 aromatic carbocycles. The Bertz CT molecular complexity index is 1210. The number of oxime groups is 1. The van der Waals surface area contributed by atoms with Gasteiger partial charge in [0.2, 0.25) is 0 Å². The van der Waals surface area contributed by atoms with E-state index in [1.54, 1.807) is 39.7 Å². The Hall–Kier alpha value is -2.97. The van der Waals surface area contributed by atoms with Crippen molar-refractivity contribution in [2.75, 3.05) is 21.3 Å². The Balaban J connectivity index is 1.38.